The molecule has 4 N–H and O–H groups in total. The van der Waals surface area contributed by atoms with Gasteiger partial charge in [-0.1, -0.05) is 41.5 Å². The first-order valence-electron chi connectivity index (χ1n) is 9.53. The molecule has 3 rings (SSSR count). The number of fused-ring (bicyclic) bond motifs is 1. The normalized spacial score (nSPS) is 9.59. The van der Waals surface area contributed by atoms with Gasteiger partial charge in [0.25, 0.3) is 0 Å². The molecule has 0 radical (unpaired) electrons. The Morgan fingerprint density at radius 3 is 2.17 bits per heavy atom. The summed E-state index contributed by atoms with van der Waals surface area (Å²) >= 11 is 0. The molecule has 0 bridgehead atoms. The lowest BCUT2D eigenvalue weighted by molar-refractivity contribution is -0.0495. The number of hydrogen-bond acceptors (Lipinski definition) is 8. The SMILES string of the molecule is CC.CC.CC.Cc1nc2nonc2c(N)c1Cc1ccc(OC(F)F)c(N)n1. The number of pyridine rings is 2. The van der Waals surface area contributed by atoms with Crippen LogP contribution in [-0.2, 0) is 6.42 Å². The molecule has 0 saturated carbocycles. The molecule has 0 unspecified atom stereocenters. The average Bonchev–Trinajstić information content (AvgIpc) is 3.20. The fraction of sp³-hybridized carbons (Fsp3) is 0.474. The maximum Gasteiger partial charge on any atom is 0.387 e. The van der Waals surface area contributed by atoms with Crippen molar-refractivity contribution in [3.05, 3.63) is 29.1 Å². The molecule has 0 atom stereocenters. The van der Waals surface area contributed by atoms with Crippen LogP contribution >= 0.6 is 0 Å². The van der Waals surface area contributed by atoms with Gasteiger partial charge in [0.1, 0.15) is 0 Å². The Kier molecular flexibility index (Phi) is 11.8. The van der Waals surface area contributed by atoms with Crippen molar-refractivity contribution < 1.29 is 18.1 Å². The van der Waals surface area contributed by atoms with Gasteiger partial charge in [0.05, 0.1) is 5.69 Å². The van der Waals surface area contributed by atoms with Crippen LogP contribution in [0.4, 0.5) is 20.3 Å². The Balaban J connectivity index is 0.00000120. The fourth-order valence-corrected chi connectivity index (χ4v) is 2.19. The summed E-state index contributed by atoms with van der Waals surface area (Å²) in [6.07, 6.45) is 0.298. The van der Waals surface area contributed by atoms with Crippen molar-refractivity contribution in [2.45, 2.75) is 61.5 Å². The minimum Gasteiger partial charge on any atom is -0.431 e. The van der Waals surface area contributed by atoms with Gasteiger partial charge in [0.2, 0.25) is 5.65 Å². The van der Waals surface area contributed by atoms with E-state index in [2.05, 4.69) is 29.6 Å². The van der Waals surface area contributed by atoms with Crippen LogP contribution in [0.2, 0.25) is 0 Å². The van der Waals surface area contributed by atoms with Gasteiger partial charge in [0, 0.05) is 23.4 Å². The summed E-state index contributed by atoms with van der Waals surface area (Å²) in [7, 11) is 0. The Labute approximate surface area is 169 Å². The van der Waals surface area contributed by atoms with Gasteiger partial charge < -0.3 is 16.2 Å². The topological polar surface area (TPSA) is 126 Å². The molecule has 0 aliphatic carbocycles. The third-order valence-corrected chi connectivity index (χ3v) is 3.28. The molecule has 10 heteroatoms. The van der Waals surface area contributed by atoms with Gasteiger partial charge in [-0.15, -0.1) is 0 Å². The summed E-state index contributed by atoms with van der Waals surface area (Å²) in [6.45, 7) is 10.8. The number of nitrogens with two attached hydrogens (primary N) is 2. The van der Waals surface area contributed by atoms with Gasteiger partial charge in [0.15, 0.2) is 17.1 Å². The van der Waals surface area contributed by atoms with Gasteiger partial charge in [-0.25, -0.2) is 14.6 Å². The van der Waals surface area contributed by atoms with Crippen LogP contribution in [0.5, 0.6) is 5.75 Å². The molecule has 0 spiro atoms. The molecule has 0 aliphatic heterocycles. The first-order chi connectivity index (χ1) is 14.0. The van der Waals surface area contributed by atoms with Crippen molar-refractivity contribution in [3.8, 4) is 5.75 Å². The van der Waals surface area contributed by atoms with Crippen LogP contribution in [0.15, 0.2) is 16.8 Å². The molecule has 0 amide bonds. The molecule has 8 nitrogen and oxygen atoms in total. The van der Waals surface area contributed by atoms with Crippen LogP contribution in [0.3, 0.4) is 0 Å². The third-order valence-electron chi connectivity index (χ3n) is 3.28. The smallest absolute Gasteiger partial charge is 0.387 e. The molecular formula is C19H30F2N6O2. The zero-order valence-electron chi connectivity index (χ0n) is 18.0. The number of anilines is 2. The average molecular weight is 412 g/mol. The highest BCUT2D eigenvalue weighted by Crippen LogP contribution is 2.27. The van der Waals surface area contributed by atoms with Crippen LogP contribution < -0.4 is 16.2 Å². The zero-order valence-corrected chi connectivity index (χ0v) is 18.0. The molecule has 29 heavy (non-hydrogen) atoms. The van der Waals surface area contributed by atoms with Gasteiger partial charge >= 0.3 is 6.61 Å². The highest BCUT2D eigenvalue weighted by atomic mass is 19.3. The number of halogens is 2. The third kappa shape index (κ3) is 6.81. The van der Waals surface area contributed by atoms with Crippen LogP contribution in [0.1, 0.15) is 58.5 Å². The second kappa shape index (κ2) is 13.2. The molecule has 0 fully saturated rings. The number of nitrogens with zero attached hydrogens (tertiary/aromatic N) is 4. The van der Waals surface area contributed by atoms with Gasteiger partial charge in [-0.05, 0) is 29.4 Å². The van der Waals surface area contributed by atoms with Crippen molar-refractivity contribution in [2.24, 2.45) is 0 Å². The number of ether oxygens (including phenoxy) is 1. The highest BCUT2D eigenvalue weighted by molar-refractivity contribution is 5.85. The second-order valence-electron chi connectivity index (χ2n) is 4.77. The van der Waals surface area contributed by atoms with E-state index in [1.807, 2.05) is 41.5 Å². The molecule has 0 aliphatic rings. The van der Waals surface area contributed by atoms with Crippen molar-refractivity contribution in [1.29, 1.82) is 0 Å². The molecule has 162 valence electrons. The number of alkyl halides is 2. The first-order valence-corrected chi connectivity index (χ1v) is 9.53. The molecule has 0 saturated heterocycles. The largest absolute Gasteiger partial charge is 0.431 e. The van der Waals surface area contributed by atoms with E-state index in [-0.39, 0.29) is 11.6 Å². The summed E-state index contributed by atoms with van der Waals surface area (Å²) < 4.78 is 33.3. The van der Waals surface area contributed by atoms with E-state index in [9.17, 15) is 8.78 Å². The predicted molar refractivity (Wildman–Crippen MR) is 111 cm³/mol. The molecule has 3 aromatic rings. The Morgan fingerprint density at radius 1 is 1.00 bits per heavy atom. The van der Waals surface area contributed by atoms with E-state index in [0.717, 1.165) is 0 Å². The van der Waals surface area contributed by atoms with E-state index in [0.29, 0.717) is 40.2 Å². The van der Waals surface area contributed by atoms with Crippen LogP contribution in [-0.4, -0.2) is 26.9 Å². The van der Waals surface area contributed by atoms with Crippen molar-refractivity contribution >= 4 is 22.7 Å². The Morgan fingerprint density at radius 2 is 1.62 bits per heavy atom. The quantitative estimate of drug-likeness (QED) is 0.628. The number of hydrogen-bond donors (Lipinski definition) is 2. The molecule has 3 heterocycles. The molecule has 0 aromatic carbocycles. The minimum absolute atomic E-state index is 0.129. The van der Waals surface area contributed by atoms with Crippen LogP contribution in [0.25, 0.3) is 11.2 Å². The summed E-state index contributed by atoms with van der Waals surface area (Å²) in [5.41, 5.74) is 14.6. The van der Waals surface area contributed by atoms with E-state index >= 15 is 0 Å². The number of aryl methyl sites for hydroxylation is 1. The van der Waals surface area contributed by atoms with Gasteiger partial charge in [-0.2, -0.15) is 8.78 Å². The summed E-state index contributed by atoms with van der Waals surface area (Å²) in [5.74, 6) is -0.307. The highest BCUT2D eigenvalue weighted by Gasteiger charge is 2.16. The summed E-state index contributed by atoms with van der Waals surface area (Å²) in [5, 5.41) is 7.35. The summed E-state index contributed by atoms with van der Waals surface area (Å²) in [6, 6.07) is 2.86. The monoisotopic (exact) mass is 412 g/mol. The number of nitrogen functional groups attached to an aromatic ring is 2. The number of rotatable bonds is 4. The maximum absolute atomic E-state index is 12.2. The van der Waals surface area contributed by atoms with Crippen LogP contribution in [0, 0.1) is 6.92 Å². The lowest BCUT2D eigenvalue weighted by Crippen LogP contribution is -2.08. The lowest BCUT2D eigenvalue weighted by Gasteiger charge is -2.11. The maximum atomic E-state index is 12.2. The minimum atomic E-state index is -2.96. The van der Waals surface area contributed by atoms with Crippen molar-refractivity contribution in [2.75, 3.05) is 11.5 Å². The van der Waals surface area contributed by atoms with Gasteiger partial charge in [-0.3, -0.25) is 0 Å². The van der Waals surface area contributed by atoms with Crippen molar-refractivity contribution in [3.63, 3.8) is 0 Å². The fourth-order valence-electron chi connectivity index (χ4n) is 2.19. The Hall–Kier alpha value is -3.04. The Bertz CT molecular complexity index is 871. The standard InChI is InChI=1S/C13H12F2N6O2.3C2H6/c1-5-7(9(16)10-12(18-5)21-23-20-10)4-6-2-3-8(11(17)19-6)22-13(14)15;3*1-2/h2-3,13H,4,16H2,1H3,(H2,17,19);3*1-2H3. The second-order valence-corrected chi connectivity index (χ2v) is 4.77. The first kappa shape index (κ1) is 26.0. The zero-order chi connectivity index (χ0) is 22.6. The lowest BCUT2D eigenvalue weighted by atomic mass is 10.1. The summed E-state index contributed by atoms with van der Waals surface area (Å²) in [4.78, 5) is 8.29. The van der Waals surface area contributed by atoms with E-state index < -0.39 is 6.61 Å². The van der Waals surface area contributed by atoms with E-state index in [4.69, 9.17) is 11.5 Å². The molecular weight excluding hydrogens is 382 g/mol. The molecule has 3 aromatic heterocycles. The van der Waals surface area contributed by atoms with E-state index in [1.165, 1.54) is 12.1 Å². The van der Waals surface area contributed by atoms with Crippen molar-refractivity contribution in [1.82, 2.24) is 20.3 Å². The van der Waals surface area contributed by atoms with E-state index in [1.54, 1.807) is 6.92 Å². The predicted octanol–water partition coefficient (Wildman–Crippen LogP) is 4.76. The number of aromatic nitrogens is 4.